The summed E-state index contributed by atoms with van der Waals surface area (Å²) in [5.74, 6) is -0.328. The first-order chi connectivity index (χ1) is 18.9. The minimum atomic E-state index is -0.861. The van der Waals surface area contributed by atoms with Gasteiger partial charge in [0.05, 0.1) is 18.2 Å². The molecule has 0 fully saturated rings. The summed E-state index contributed by atoms with van der Waals surface area (Å²) < 4.78 is 5.49. The Morgan fingerprint density at radius 2 is 1.36 bits per heavy atom. The van der Waals surface area contributed by atoms with E-state index >= 15 is 0 Å². The fourth-order valence-electron chi connectivity index (χ4n) is 3.97. The third kappa shape index (κ3) is 9.31. The molecule has 0 aromatic heterocycles. The molecule has 2 atom stereocenters. The number of hydrogen-bond donors (Lipinski definition) is 3. The summed E-state index contributed by atoms with van der Waals surface area (Å²) in [5.41, 5.74) is 3.10. The fourth-order valence-corrected chi connectivity index (χ4v) is 3.97. The van der Waals surface area contributed by atoms with Crippen molar-refractivity contribution in [3.05, 3.63) is 101 Å². The lowest BCUT2D eigenvalue weighted by atomic mass is 10.0. The summed E-state index contributed by atoms with van der Waals surface area (Å²) in [5, 5.41) is 17.5. The Bertz CT molecular complexity index is 1270. The first kappa shape index (κ1) is 28.9. The Morgan fingerprint density at radius 3 is 1.95 bits per heavy atom. The molecule has 0 saturated carbocycles. The molecule has 3 rings (SSSR count). The molecule has 3 aromatic rings. The molecule has 0 aliphatic heterocycles. The van der Waals surface area contributed by atoms with E-state index in [9.17, 15) is 14.4 Å². The van der Waals surface area contributed by atoms with Crippen LogP contribution in [-0.2, 0) is 33.8 Å². The van der Waals surface area contributed by atoms with Crippen molar-refractivity contribution >= 4 is 17.7 Å². The second-order valence-corrected chi connectivity index (χ2v) is 9.03. The number of benzene rings is 3. The van der Waals surface area contributed by atoms with Crippen LogP contribution in [0.1, 0.15) is 42.5 Å². The molecular formula is C31H34N4O4. The van der Waals surface area contributed by atoms with Crippen molar-refractivity contribution in [2.45, 2.75) is 51.7 Å². The van der Waals surface area contributed by atoms with Crippen LogP contribution in [0.25, 0.3) is 0 Å². The molecule has 0 heterocycles. The molecule has 0 aliphatic rings. The lowest BCUT2D eigenvalue weighted by molar-refractivity contribution is -0.132. The smallest absolute Gasteiger partial charge is 0.243 e. The summed E-state index contributed by atoms with van der Waals surface area (Å²) in [7, 11) is 0. The summed E-state index contributed by atoms with van der Waals surface area (Å²) >= 11 is 0. The molecule has 0 unspecified atom stereocenters. The molecule has 3 N–H and O–H groups in total. The molecule has 0 spiro atoms. The molecule has 0 radical (unpaired) electrons. The van der Waals surface area contributed by atoms with E-state index in [2.05, 4.69) is 22.0 Å². The van der Waals surface area contributed by atoms with E-state index < -0.39 is 18.0 Å². The average molecular weight is 527 g/mol. The monoisotopic (exact) mass is 526 g/mol. The van der Waals surface area contributed by atoms with Crippen LogP contribution in [0, 0.1) is 11.3 Å². The van der Waals surface area contributed by atoms with E-state index in [1.165, 1.54) is 0 Å². The number of amides is 3. The van der Waals surface area contributed by atoms with Gasteiger partial charge in [0.1, 0.15) is 17.8 Å². The highest BCUT2D eigenvalue weighted by molar-refractivity contribution is 5.92. The van der Waals surface area contributed by atoms with Crippen molar-refractivity contribution < 1.29 is 19.1 Å². The number of carbonyl (C=O) groups is 3. The van der Waals surface area contributed by atoms with Crippen LogP contribution in [0.4, 0.5) is 0 Å². The van der Waals surface area contributed by atoms with Gasteiger partial charge in [-0.25, -0.2) is 0 Å². The highest BCUT2D eigenvalue weighted by Crippen LogP contribution is 2.14. The van der Waals surface area contributed by atoms with Gasteiger partial charge in [0.15, 0.2) is 0 Å². The standard InChI is InChI=1S/C31H34N4O4/c1-3-29(36)34-28(19-23-14-16-26(17-15-23)39-4-2)31(38)35-27(18-22-8-6-5-7-9-22)30(37)33-21-25-12-10-24(20-32)11-13-25/h5-17,27-28H,3-4,18-19,21H2,1-2H3,(H,33,37)(H,34,36)(H,35,38)/t27-,28+/m0/s1. The predicted molar refractivity (Wildman–Crippen MR) is 149 cm³/mol. The zero-order valence-corrected chi connectivity index (χ0v) is 22.3. The van der Waals surface area contributed by atoms with Crippen molar-refractivity contribution in [1.82, 2.24) is 16.0 Å². The van der Waals surface area contributed by atoms with Crippen LogP contribution in [-0.4, -0.2) is 36.4 Å². The molecule has 0 saturated heterocycles. The molecule has 8 nitrogen and oxygen atoms in total. The zero-order valence-electron chi connectivity index (χ0n) is 22.3. The summed E-state index contributed by atoms with van der Waals surface area (Å²) in [6.45, 7) is 4.41. The second-order valence-electron chi connectivity index (χ2n) is 9.03. The first-order valence-electron chi connectivity index (χ1n) is 13.0. The number of ether oxygens (including phenoxy) is 1. The molecular weight excluding hydrogens is 492 g/mol. The largest absolute Gasteiger partial charge is 0.494 e. The molecule has 202 valence electrons. The minimum absolute atomic E-state index is 0.228. The normalized spacial score (nSPS) is 11.9. The fraction of sp³-hybridized carbons (Fsp3) is 0.290. The molecule has 3 amide bonds. The summed E-state index contributed by atoms with van der Waals surface area (Å²) in [6.07, 6.45) is 0.768. The molecule has 0 aliphatic carbocycles. The highest BCUT2D eigenvalue weighted by atomic mass is 16.5. The SMILES string of the molecule is CCOc1ccc(C[C@@H](NC(=O)CC)C(=O)N[C@@H](Cc2ccccc2)C(=O)NCc2ccc(C#N)cc2)cc1. The van der Waals surface area contributed by atoms with Gasteiger partial charge >= 0.3 is 0 Å². The van der Waals surface area contributed by atoms with Crippen LogP contribution < -0.4 is 20.7 Å². The number of nitriles is 1. The van der Waals surface area contributed by atoms with Crippen LogP contribution in [0.5, 0.6) is 5.75 Å². The summed E-state index contributed by atoms with van der Waals surface area (Å²) in [4.78, 5) is 39.0. The lowest BCUT2D eigenvalue weighted by Gasteiger charge is -2.23. The second kappa shape index (κ2) is 14.9. The van der Waals surface area contributed by atoms with Gasteiger partial charge in [-0.3, -0.25) is 14.4 Å². The zero-order chi connectivity index (χ0) is 28.0. The average Bonchev–Trinajstić information content (AvgIpc) is 2.97. The van der Waals surface area contributed by atoms with E-state index in [4.69, 9.17) is 10.00 Å². The third-order valence-corrected chi connectivity index (χ3v) is 6.11. The van der Waals surface area contributed by atoms with Crippen molar-refractivity contribution in [1.29, 1.82) is 5.26 Å². The maximum absolute atomic E-state index is 13.5. The van der Waals surface area contributed by atoms with Crippen LogP contribution in [0.3, 0.4) is 0 Å². The van der Waals surface area contributed by atoms with Gasteiger partial charge in [-0.1, -0.05) is 61.5 Å². The number of nitrogens with zero attached hydrogens (tertiary/aromatic N) is 1. The molecule has 8 heteroatoms. The number of rotatable bonds is 13. The van der Waals surface area contributed by atoms with Gasteiger partial charge < -0.3 is 20.7 Å². The Kier molecular flexibility index (Phi) is 11.1. The van der Waals surface area contributed by atoms with Crippen molar-refractivity contribution in [2.75, 3.05) is 6.61 Å². The number of carbonyl (C=O) groups excluding carboxylic acids is 3. The van der Waals surface area contributed by atoms with Crippen molar-refractivity contribution in [3.8, 4) is 11.8 Å². The molecule has 3 aromatic carbocycles. The Hall–Kier alpha value is -4.64. The van der Waals surface area contributed by atoms with Gasteiger partial charge in [0, 0.05) is 25.8 Å². The maximum Gasteiger partial charge on any atom is 0.243 e. The van der Waals surface area contributed by atoms with Gasteiger partial charge in [0.2, 0.25) is 17.7 Å². The van der Waals surface area contributed by atoms with Crippen LogP contribution >= 0.6 is 0 Å². The minimum Gasteiger partial charge on any atom is -0.494 e. The molecule has 0 bridgehead atoms. The van der Waals surface area contributed by atoms with E-state index in [0.29, 0.717) is 12.2 Å². The first-order valence-corrected chi connectivity index (χ1v) is 13.0. The Labute approximate surface area is 229 Å². The van der Waals surface area contributed by atoms with Crippen molar-refractivity contribution in [3.63, 3.8) is 0 Å². The van der Waals surface area contributed by atoms with E-state index in [-0.39, 0.29) is 37.6 Å². The quantitative estimate of drug-likeness (QED) is 0.315. The predicted octanol–water partition coefficient (Wildman–Crippen LogP) is 3.44. The van der Waals surface area contributed by atoms with Crippen LogP contribution in [0.2, 0.25) is 0 Å². The Balaban J connectivity index is 1.75. The Morgan fingerprint density at radius 1 is 0.769 bits per heavy atom. The maximum atomic E-state index is 13.5. The van der Waals surface area contributed by atoms with E-state index in [1.54, 1.807) is 31.2 Å². The highest BCUT2D eigenvalue weighted by Gasteiger charge is 2.27. The third-order valence-electron chi connectivity index (χ3n) is 6.11. The van der Waals surface area contributed by atoms with Gasteiger partial charge in [-0.2, -0.15) is 5.26 Å². The lowest BCUT2D eigenvalue weighted by Crippen LogP contribution is -2.55. The number of hydrogen-bond acceptors (Lipinski definition) is 5. The molecule has 39 heavy (non-hydrogen) atoms. The number of nitrogens with one attached hydrogen (secondary N) is 3. The van der Waals surface area contributed by atoms with E-state index in [0.717, 1.165) is 22.4 Å². The van der Waals surface area contributed by atoms with Crippen molar-refractivity contribution in [2.24, 2.45) is 0 Å². The van der Waals surface area contributed by atoms with Gasteiger partial charge in [0.25, 0.3) is 0 Å². The van der Waals surface area contributed by atoms with E-state index in [1.807, 2.05) is 61.5 Å². The van der Waals surface area contributed by atoms with Gasteiger partial charge in [-0.15, -0.1) is 0 Å². The van der Waals surface area contributed by atoms with Gasteiger partial charge in [-0.05, 0) is 47.9 Å². The van der Waals surface area contributed by atoms with Crippen LogP contribution in [0.15, 0.2) is 78.9 Å². The summed E-state index contributed by atoms with van der Waals surface area (Å²) in [6, 6.07) is 24.0. The topological polar surface area (TPSA) is 120 Å².